The van der Waals surface area contributed by atoms with Crippen molar-refractivity contribution in [3.63, 3.8) is 0 Å². The van der Waals surface area contributed by atoms with Gasteiger partial charge in [0.05, 0.1) is 18.8 Å². The SMILES string of the molecule is NCC1CCCC2(CCCC(CO)O2)O1. The summed E-state index contributed by atoms with van der Waals surface area (Å²) in [5.41, 5.74) is 5.63. The zero-order valence-corrected chi connectivity index (χ0v) is 9.15. The maximum absolute atomic E-state index is 9.12. The topological polar surface area (TPSA) is 64.7 Å². The lowest BCUT2D eigenvalue weighted by Gasteiger charge is -2.45. The van der Waals surface area contributed by atoms with Gasteiger partial charge >= 0.3 is 0 Å². The molecular weight excluding hydrogens is 194 g/mol. The summed E-state index contributed by atoms with van der Waals surface area (Å²) in [6.07, 6.45) is 6.13. The van der Waals surface area contributed by atoms with E-state index in [0.717, 1.165) is 38.5 Å². The molecular formula is C11H21NO3. The molecule has 2 aliphatic rings. The fraction of sp³-hybridized carbons (Fsp3) is 1.00. The van der Waals surface area contributed by atoms with Crippen LogP contribution in [0.15, 0.2) is 0 Å². The molecule has 3 N–H and O–H groups in total. The molecule has 15 heavy (non-hydrogen) atoms. The lowest BCUT2D eigenvalue weighted by Crippen LogP contribution is -2.50. The van der Waals surface area contributed by atoms with E-state index in [1.54, 1.807) is 0 Å². The van der Waals surface area contributed by atoms with E-state index in [0.29, 0.717) is 6.54 Å². The van der Waals surface area contributed by atoms with Crippen molar-refractivity contribution in [2.45, 2.75) is 56.5 Å². The van der Waals surface area contributed by atoms with Crippen molar-refractivity contribution in [1.29, 1.82) is 0 Å². The Morgan fingerprint density at radius 2 is 1.73 bits per heavy atom. The highest BCUT2D eigenvalue weighted by Gasteiger charge is 2.41. The van der Waals surface area contributed by atoms with Crippen LogP contribution in [0.5, 0.6) is 0 Å². The molecule has 0 aromatic rings. The first-order chi connectivity index (χ1) is 7.28. The number of rotatable bonds is 2. The summed E-state index contributed by atoms with van der Waals surface area (Å²) < 4.78 is 11.8. The van der Waals surface area contributed by atoms with Crippen LogP contribution in [0, 0.1) is 0 Å². The molecule has 2 fully saturated rings. The maximum Gasteiger partial charge on any atom is 0.169 e. The second-order valence-corrected chi connectivity index (χ2v) is 4.59. The van der Waals surface area contributed by atoms with E-state index >= 15 is 0 Å². The molecule has 0 amide bonds. The second-order valence-electron chi connectivity index (χ2n) is 4.59. The van der Waals surface area contributed by atoms with E-state index in [-0.39, 0.29) is 18.8 Å². The van der Waals surface area contributed by atoms with Crippen molar-refractivity contribution < 1.29 is 14.6 Å². The Labute approximate surface area is 90.7 Å². The molecule has 3 atom stereocenters. The third kappa shape index (κ3) is 2.50. The quantitative estimate of drug-likeness (QED) is 0.714. The van der Waals surface area contributed by atoms with Crippen LogP contribution >= 0.6 is 0 Å². The molecule has 2 saturated heterocycles. The van der Waals surface area contributed by atoms with Crippen molar-refractivity contribution in [3.8, 4) is 0 Å². The van der Waals surface area contributed by atoms with Gasteiger partial charge in [-0.1, -0.05) is 0 Å². The van der Waals surface area contributed by atoms with E-state index in [1.165, 1.54) is 0 Å². The van der Waals surface area contributed by atoms with Gasteiger partial charge in [-0.3, -0.25) is 0 Å². The Morgan fingerprint density at radius 1 is 1.13 bits per heavy atom. The molecule has 3 unspecified atom stereocenters. The first kappa shape index (κ1) is 11.3. The zero-order valence-electron chi connectivity index (χ0n) is 9.15. The molecule has 2 heterocycles. The molecule has 0 bridgehead atoms. The molecule has 0 aliphatic carbocycles. The average molecular weight is 215 g/mol. The van der Waals surface area contributed by atoms with Gasteiger partial charge in [-0.05, 0) is 25.7 Å². The minimum absolute atomic E-state index is 0.0460. The van der Waals surface area contributed by atoms with E-state index in [1.807, 2.05) is 0 Å². The Hall–Kier alpha value is -0.160. The Balaban J connectivity index is 1.98. The van der Waals surface area contributed by atoms with E-state index < -0.39 is 5.79 Å². The Bertz CT molecular complexity index is 188. The highest BCUT2D eigenvalue weighted by molar-refractivity contribution is 4.83. The van der Waals surface area contributed by atoms with Crippen molar-refractivity contribution in [3.05, 3.63) is 0 Å². The van der Waals surface area contributed by atoms with E-state index in [9.17, 15) is 0 Å². The Kier molecular flexibility index (Phi) is 3.61. The standard InChI is InChI=1S/C11H21NO3/c12-7-9-3-1-5-11(14-9)6-2-4-10(8-13)15-11/h9-10,13H,1-8,12H2. The van der Waals surface area contributed by atoms with E-state index in [2.05, 4.69) is 0 Å². The van der Waals surface area contributed by atoms with Crippen molar-refractivity contribution >= 4 is 0 Å². The molecule has 2 rings (SSSR count). The molecule has 0 aromatic heterocycles. The second kappa shape index (κ2) is 4.78. The van der Waals surface area contributed by atoms with Gasteiger partial charge in [-0.25, -0.2) is 0 Å². The van der Waals surface area contributed by atoms with Crippen molar-refractivity contribution in [1.82, 2.24) is 0 Å². The smallest absolute Gasteiger partial charge is 0.169 e. The van der Waals surface area contributed by atoms with Gasteiger partial charge in [0.2, 0.25) is 0 Å². The number of hydrogen-bond donors (Lipinski definition) is 2. The molecule has 0 saturated carbocycles. The van der Waals surface area contributed by atoms with Gasteiger partial charge in [-0.15, -0.1) is 0 Å². The predicted octanol–water partition coefficient (Wildman–Crippen LogP) is 0.772. The number of ether oxygens (including phenoxy) is 2. The minimum atomic E-state index is -0.437. The van der Waals surface area contributed by atoms with Crippen LogP contribution in [0.3, 0.4) is 0 Å². The predicted molar refractivity (Wildman–Crippen MR) is 56.3 cm³/mol. The number of aliphatic hydroxyl groups is 1. The minimum Gasteiger partial charge on any atom is -0.394 e. The summed E-state index contributed by atoms with van der Waals surface area (Å²) in [4.78, 5) is 0. The maximum atomic E-state index is 9.12. The molecule has 1 spiro atoms. The fourth-order valence-corrected chi connectivity index (χ4v) is 2.61. The molecule has 4 heteroatoms. The third-order valence-corrected chi connectivity index (χ3v) is 3.40. The molecule has 0 radical (unpaired) electrons. The van der Waals surface area contributed by atoms with Gasteiger partial charge in [0.15, 0.2) is 5.79 Å². The van der Waals surface area contributed by atoms with Crippen molar-refractivity contribution in [2.75, 3.05) is 13.2 Å². The van der Waals surface area contributed by atoms with Gasteiger partial charge in [0.25, 0.3) is 0 Å². The van der Waals surface area contributed by atoms with Crippen LogP contribution in [-0.4, -0.2) is 36.3 Å². The number of aliphatic hydroxyl groups excluding tert-OH is 1. The zero-order chi connectivity index (χ0) is 10.7. The summed E-state index contributed by atoms with van der Waals surface area (Å²) in [7, 11) is 0. The molecule has 88 valence electrons. The normalized spacial score (nSPS) is 42.0. The molecule has 0 aromatic carbocycles. The van der Waals surface area contributed by atoms with Crippen LogP contribution in [0.4, 0.5) is 0 Å². The van der Waals surface area contributed by atoms with Gasteiger partial charge in [-0.2, -0.15) is 0 Å². The Morgan fingerprint density at radius 3 is 2.33 bits per heavy atom. The highest BCUT2D eigenvalue weighted by atomic mass is 16.7. The summed E-state index contributed by atoms with van der Waals surface area (Å²) >= 11 is 0. The van der Waals surface area contributed by atoms with Crippen LogP contribution in [-0.2, 0) is 9.47 Å². The summed E-state index contributed by atoms with van der Waals surface area (Å²) in [5, 5.41) is 9.12. The molecule has 4 nitrogen and oxygen atoms in total. The average Bonchev–Trinajstić information content (AvgIpc) is 2.29. The fourth-order valence-electron chi connectivity index (χ4n) is 2.61. The largest absolute Gasteiger partial charge is 0.394 e. The van der Waals surface area contributed by atoms with Gasteiger partial charge < -0.3 is 20.3 Å². The first-order valence-corrected chi connectivity index (χ1v) is 5.94. The lowest BCUT2D eigenvalue weighted by atomic mass is 9.93. The van der Waals surface area contributed by atoms with Crippen LogP contribution < -0.4 is 5.73 Å². The van der Waals surface area contributed by atoms with Gasteiger partial charge in [0.1, 0.15) is 0 Å². The van der Waals surface area contributed by atoms with Crippen LogP contribution in [0.25, 0.3) is 0 Å². The third-order valence-electron chi connectivity index (χ3n) is 3.40. The number of hydrogen-bond acceptors (Lipinski definition) is 4. The highest BCUT2D eigenvalue weighted by Crippen LogP contribution is 2.38. The lowest BCUT2D eigenvalue weighted by molar-refractivity contribution is -0.316. The number of nitrogens with two attached hydrogens (primary N) is 1. The molecule has 2 aliphatic heterocycles. The summed E-state index contributed by atoms with van der Waals surface area (Å²) in [6.45, 7) is 0.660. The summed E-state index contributed by atoms with van der Waals surface area (Å²) in [6, 6.07) is 0. The monoisotopic (exact) mass is 215 g/mol. The first-order valence-electron chi connectivity index (χ1n) is 5.94. The van der Waals surface area contributed by atoms with Crippen LogP contribution in [0.2, 0.25) is 0 Å². The van der Waals surface area contributed by atoms with Gasteiger partial charge in [0, 0.05) is 19.4 Å². The summed E-state index contributed by atoms with van der Waals surface area (Å²) in [5.74, 6) is -0.437. The van der Waals surface area contributed by atoms with Crippen LogP contribution in [0.1, 0.15) is 38.5 Å². The van der Waals surface area contributed by atoms with E-state index in [4.69, 9.17) is 20.3 Å². The van der Waals surface area contributed by atoms with Crippen molar-refractivity contribution in [2.24, 2.45) is 5.73 Å².